The van der Waals surface area contributed by atoms with Crippen molar-refractivity contribution in [3.63, 3.8) is 0 Å². The molecule has 0 aromatic carbocycles. The van der Waals surface area contributed by atoms with Crippen LogP contribution in [0.1, 0.15) is 44.9 Å². The van der Waals surface area contributed by atoms with Crippen molar-refractivity contribution in [2.45, 2.75) is 118 Å². The third-order valence-electron chi connectivity index (χ3n) is 8.17. The van der Waals surface area contributed by atoms with Gasteiger partial charge in [-0.25, -0.2) is 0 Å². The first-order valence-electron chi connectivity index (χ1n) is 13.0. The highest BCUT2D eigenvalue weighted by Crippen LogP contribution is 2.43. The van der Waals surface area contributed by atoms with Gasteiger partial charge in [0.25, 0.3) is 0 Å². The average molecular weight is 551 g/mol. The van der Waals surface area contributed by atoms with Crippen LogP contribution in [0.4, 0.5) is 0 Å². The first-order chi connectivity index (χ1) is 18.0. The summed E-state index contributed by atoms with van der Waals surface area (Å²) in [5, 5.41) is 81.0. The van der Waals surface area contributed by atoms with Gasteiger partial charge in [-0.05, 0) is 44.4 Å². The lowest BCUT2D eigenvalue weighted by molar-refractivity contribution is -0.334. The quantitative estimate of drug-likeness (QED) is 0.117. The highest BCUT2D eigenvalue weighted by molar-refractivity contribution is 5.90. The van der Waals surface area contributed by atoms with Crippen molar-refractivity contribution < 1.29 is 69.4 Å². The molecule has 9 unspecified atom stereocenters. The normalized spacial score (nSPS) is 47.7. The fourth-order valence-electron chi connectivity index (χ4n) is 6.20. The second-order valence-electron chi connectivity index (χ2n) is 10.8. The van der Waals surface area contributed by atoms with Crippen molar-refractivity contribution in [1.29, 1.82) is 0 Å². The number of carbonyl (C=O) groups is 2. The molecule has 0 radical (unpaired) electrons. The van der Waals surface area contributed by atoms with Gasteiger partial charge in [0.05, 0.1) is 49.3 Å². The molecule has 0 spiro atoms. The Balaban J connectivity index is 1.54. The van der Waals surface area contributed by atoms with E-state index in [9.17, 15) is 45.3 Å². The number of hydrogen-bond donors (Lipinski definition) is 8. The van der Waals surface area contributed by atoms with Gasteiger partial charge in [-0.1, -0.05) is 0 Å². The summed E-state index contributed by atoms with van der Waals surface area (Å²) < 4.78 is 23.0. The monoisotopic (exact) mass is 550 g/mol. The van der Waals surface area contributed by atoms with Crippen molar-refractivity contribution >= 4 is 11.9 Å². The van der Waals surface area contributed by atoms with E-state index < -0.39 is 104 Å². The molecule has 4 aliphatic rings. The van der Waals surface area contributed by atoms with E-state index in [0.717, 1.165) is 0 Å². The van der Waals surface area contributed by atoms with Crippen LogP contribution in [0, 0.1) is 11.8 Å². The third-order valence-corrected chi connectivity index (χ3v) is 8.17. The first-order valence-corrected chi connectivity index (χ1v) is 13.0. The number of fused-ring (bicyclic) bond motifs is 1. The lowest BCUT2D eigenvalue weighted by atomic mass is 9.72. The summed E-state index contributed by atoms with van der Waals surface area (Å²) in [7, 11) is 0. The zero-order chi connectivity index (χ0) is 27.7. The molecule has 0 amide bonds. The molecule has 0 aromatic heterocycles. The van der Waals surface area contributed by atoms with E-state index >= 15 is 0 Å². The largest absolute Gasteiger partial charge is 0.481 e. The van der Waals surface area contributed by atoms with E-state index in [2.05, 4.69) is 0 Å². The molecule has 8 N–H and O–H groups in total. The van der Waals surface area contributed by atoms with Crippen LogP contribution in [-0.2, 0) is 28.5 Å². The number of carboxylic acids is 1. The minimum absolute atomic E-state index is 0.152. The standard InChI is InChI=1S/C24H38O14/c25-8-17-20(33)23(38-19(32)7-18(30)31)21(34)24(37-17)36-16-6-11-13(28)4-10(26)5-15(11)35-22(16)9-1-2-12(27)14(29)3-9/h9-17,20-29,33-34H,1-8H2,(H,30,31)/t9?,10?,11?,12?,13?,14?,15?,16?,17-,20-,21-,22?,23+,24-/m1/s1. The number of rotatable bonds is 7. The van der Waals surface area contributed by atoms with E-state index in [0.29, 0.717) is 19.3 Å². The molecule has 2 saturated heterocycles. The Labute approximate surface area is 218 Å². The van der Waals surface area contributed by atoms with Crippen LogP contribution in [0.5, 0.6) is 0 Å². The maximum absolute atomic E-state index is 12.0. The van der Waals surface area contributed by atoms with Gasteiger partial charge in [0.15, 0.2) is 12.4 Å². The predicted octanol–water partition coefficient (Wildman–Crippen LogP) is -2.99. The molecule has 0 bridgehead atoms. The number of carbonyl (C=O) groups excluding carboxylic acids is 1. The van der Waals surface area contributed by atoms with Gasteiger partial charge in [-0.2, -0.15) is 0 Å². The molecular weight excluding hydrogens is 512 g/mol. The molecule has 218 valence electrons. The number of carboxylic acid groups (broad SMARTS) is 1. The Morgan fingerprint density at radius 3 is 2.24 bits per heavy atom. The Morgan fingerprint density at radius 2 is 1.58 bits per heavy atom. The van der Waals surface area contributed by atoms with Crippen LogP contribution in [0.2, 0.25) is 0 Å². The van der Waals surface area contributed by atoms with Gasteiger partial charge < -0.3 is 59.8 Å². The minimum Gasteiger partial charge on any atom is -0.481 e. The molecule has 2 heterocycles. The van der Waals surface area contributed by atoms with Gasteiger partial charge in [0, 0.05) is 5.92 Å². The van der Waals surface area contributed by atoms with Crippen molar-refractivity contribution in [3.05, 3.63) is 0 Å². The van der Waals surface area contributed by atoms with E-state index in [1.54, 1.807) is 0 Å². The molecule has 2 saturated carbocycles. The summed E-state index contributed by atoms with van der Waals surface area (Å²) in [5.41, 5.74) is 0. The second kappa shape index (κ2) is 12.4. The number of aliphatic hydroxyl groups excluding tert-OH is 7. The smallest absolute Gasteiger partial charge is 0.317 e. The lowest BCUT2D eigenvalue weighted by Crippen LogP contribution is -2.63. The second-order valence-corrected chi connectivity index (χ2v) is 10.8. The number of aliphatic carboxylic acids is 1. The molecule has 4 fully saturated rings. The molecule has 4 rings (SSSR count). The van der Waals surface area contributed by atoms with Gasteiger partial charge >= 0.3 is 11.9 Å². The van der Waals surface area contributed by atoms with Crippen LogP contribution in [0.15, 0.2) is 0 Å². The Morgan fingerprint density at radius 1 is 0.842 bits per heavy atom. The molecule has 14 nitrogen and oxygen atoms in total. The molecule has 14 heteroatoms. The van der Waals surface area contributed by atoms with Crippen LogP contribution < -0.4 is 0 Å². The topological polar surface area (TPSA) is 233 Å². The molecule has 2 aliphatic carbocycles. The Hall–Kier alpha value is -1.46. The van der Waals surface area contributed by atoms with E-state index in [-0.39, 0.29) is 25.2 Å². The molecule has 0 aromatic rings. The lowest BCUT2D eigenvalue weighted by Gasteiger charge is -2.51. The average Bonchev–Trinajstić information content (AvgIpc) is 2.84. The zero-order valence-corrected chi connectivity index (χ0v) is 20.8. The minimum atomic E-state index is -1.76. The predicted molar refractivity (Wildman–Crippen MR) is 122 cm³/mol. The first kappa shape index (κ1) is 29.5. The van der Waals surface area contributed by atoms with Crippen LogP contribution in [-0.4, -0.2) is 133 Å². The summed E-state index contributed by atoms with van der Waals surface area (Å²) >= 11 is 0. The summed E-state index contributed by atoms with van der Waals surface area (Å²) in [6.45, 7) is -0.723. The number of aliphatic hydroxyl groups is 7. The zero-order valence-electron chi connectivity index (χ0n) is 20.8. The maximum atomic E-state index is 12.0. The van der Waals surface area contributed by atoms with E-state index in [1.165, 1.54) is 0 Å². The summed E-state index contributed by atoms with van der Waals surface area (Å²) in [4.78, 5) is 22.8. The maximum Gasteiger partial charge on any atom is 0.317 e. The van der Waals surface area contributed by atoms with Gasteiger partial charge in [-0.3, -0.25) is 9.59 Å². The summed E-state index contributed by atoms with van der Waals surface area (Å²) in [5.74, 6) is -3.37. The van der Waals surface area contributed by atoms with Crippen molar-refractivity contribution in [1.82, 2.24) is 0 Å². The van der Waals surface area contributed by atoms with Gasteiger partial charge in [0.2, 0.25) is 0 Å². The molecular formula is C24H38O14. The molecule has 38 heavy (non-hydrogen) atoms. The fourth-order valence-corrected chi connectivity index (χ4v) is 6.20. The Kier molecular flexibility index (Phi) is 9.61. The van der Waals surface area contributed by atoms with E-state index in [1.807, 2.05) is 0 Å². The third kappa shape index (κ3) is 6.46. The highest BCUT2D eigenvalue weighted by atomic mass is 16.7. The number of ether oxygens (including phenoxy) is 4. The molecule has 2 aliphatic heterocycles. The van der Waals surface area contributed by atoms with E-state index in [4.69, 9.17) is 24.1 Å². The number of esters is 1. The summed E-state index contributed by atoms with van der Waals surface area (Å²) in [6.07, 6.45) is -12.7. The van der Waals surface area contributed by atoms with Gasteiger partial charge in [-0.15, -0.1) is 0 Å². The van der Waals surface area contributed by atoms with Gasteiger partial charge in [0.1, 0.15) is 24.7 Å². The van der Waals surface area contributed by atoms with Crippen molar-refractivity contribution in [2.75, 3.05) is 6.61 Å². The number of hydrogen-bond acceptors (Lipinski definition) is 13. The van der Waals surface area contributed by atoms with Crippen LogP contribution >= 0.6 is 0 Å². The molecule has 14 atom stereocenters. The van der Waals surface area contributed by atoms with Crippen LogP contribution in [0.3, 0.4) is 0 Å². The van der Waals surface area contributed by atoms with Crippen molar-refractivity contribution in [2.24, 2.45) is 11.8 Å². The SMILES string of the molecule is O=C(O)CC(=O)O[C@@H]1[C@@H](O)[C@H](OC2CC3C(O)CC(O)CC3OC2C2CCC(O)C(O)C2)O[C@H](CO)[C@H]1O. The fraction of sp³-hybridized carbons (Fsp3) is 0.917. The highest BCUT2D eigenvalue weighted by Gasteiger charge is 2.52. The Bertz CT molecular complexity index is 826. The van der Waals surface area contributed by atoms with Crippen molar-refractivity contribution in [3.8, 4) is 0 Å². The summed E-state index contributed by atoms with van der Waals surface area (Å²) in [6, 6.07) is 0. The van der Waals surface area contributed by atoms with Crippen LogP contribution in [0.25, 0.3) is 0 Å².